The molecule has 1 aliphatic carbocycles. The maximum Gasteiger partial charge on any atom is 0.234 e. The van der Waals surface area contributed by atoms with Gasteiger partial charge in [0.15, 0.2) is 0 Å². The average molecular weight is 254 g/mol. The van der Waals surface area contributed by atoms with Crippen LogP contribution in [0.3, 0.4) is 0 Å². The van der Waals surface area contributed by atoms with Gasteiger partial charge in [0.2, 0.25) is 5.91 Å². The molecule has 18 heavy (non-hydrogen) atoms. The van der Waals surface area contributed by atoms with Crippen molar-refractivity contribution in [1.29, 1.82) is 0 Å². The van der Waals surface area contributed by atoms with E-state index in [9.17, 15) is 4.79 Å². The lowest BCUT2D eigenvalue weighted by atomic mass is 9.84. The Morgan fingerprint density at radius 3 is 2.44 bits per heavy atom. The van der Waals surface area contributed by atoms with E-state index in [1.165, 1.54) is 32.1 Å². The summed E-state index contributed by atoms with van der Waals surface area (Å²) in [5.74, 6) is 0.871. The molecule has 1 atom stereocenters. The zero-order chi connectivity index (χ0) is 13.6. The number of amides is 1. The summed E-state index contributed by atoms with van der Waals surface area (Å²) < 4.78 is 0. The molecule has 0 radical (unpaired) electrons. The van der Waals surface area contributed by atoms with Crippen molar-refractivity contribution in [1.82, 2.24) is 10.6 Å². The van der Waals surface area contributed by atoms with Crippen molar-refractivity contribution in [2.75, 3.05) is 6.54 Å². The maximum absolute atomic E-state index is 11.8. The molecule has 3 nitrogen and oxygen atoms in total. The van der Waals surface area contributed by atoms with Crippen LogP contribution in [0.25, 0.3) is 0 Å². The molecule has 1 aliphatic rings. The number of hydrogen-bond acceptors (Lipinski definition) is 2. The van der Waals surface area contributed by atoms with Crippen LogP contribution in [-0.4, -0.2) is 24.0 Å². The molecule has 1 saturated carbocycles. The second-order valence-corrected chi connectivity index (χ2v) is 6.35. The summed E-state index contributed by atoms with van der Waals surface area (Å²) in [7, 11) is 0. The lowest BCUT2D eigenvalue weighted by Gasteiger charge is -2.29. The molecule has 2 N–H and O–H groups in total. The number of carbonyl (C=O) groups is 1. The van der Waals surface area contributed by atoms with E-state index in [1.54, 1.807) is 0 Å². The lowest BCUT2D eigenvalue weighted by molar-refractivity contribution is -0.122. The van der Waals surface area contributed by atoms with Gasteiger partial charge >= 0.3 is 0 Å². The van der Waals surface area contributed by atoms with Gasteiger partial charge in [-0.2, -0.15) is 0 Å². The third-order valence-electron chi connectivity index (χ3n) is 4.30. The third-order valence-corrected chi connectivity index (χ3v) is 4.30. The molecular weight excluding hydrogens is 224 g/mol. The van der Waals surface area contributed by atoms with Crippen LogP contribution < -0.4 is 10.6 Å². The SMILES string of the molecule is CCC(C)(C)NC(=O)CN[C@@H](C)C1CCCCC1. The summed E-state index contributed by atoms with van der Waals surface area (Å²) in [5, 5.41) is 6.45. The minimum atomic E-state index is -0.0904. The van der Waals surface area contributed by atoms with Crippen LogP contribution in [0.1, 0.15) is 66.2 Å². The Hall–Kier alpha value is -0.570. The highest BCUT2D eigenvalue weighted by atomic mass is 16.2. The van der Waals surface area contributed by atoms with Gasteiger partial charge in [0.1, 0.15) is 0 Å². The van der Waals surface area contributed by atoms with Crippen molar-refractivity contribution >= 4 is 5.91 Å². The molecule has 0 aromatic rings. The Morgan fingerprint density at radius 2 is 1.89 bits per heavy atom. The topological polar surface area (TPSA) is 41.1 Å². The molecular formula is C15H30N2O. The summed E-state index contributed by atoms with van der Waals surface area (Å²) in [6.07, 6.45) is 7.68. The summed E-state index contributed by atoms with van der Waals surface area (Å²) >= 11 is 0. The molecule has 0 aromatic carbocycles. The minimum Gasteiger partial charge on any atom is -0.350 e. The van der Waals surface area contributed by atoms with E-state index in [4.69, 9.17) is 0 Å². The fourth-order valence-corrected chi connectivity index (χ4v) is 2.56. The van der Waals surface area contributed by atoms with Gasteiger partial charge in [-0.3, -0.25) is 4.79 Å². The second-order valence-electron chi connectivity index (χ2n) is 6.35. The summed E-state index contributed by atoms with van der Waals surface area (Å²) in [6, 6.07) is 0.459. The first-order valence-corrected chi connectivity index (χ1v) is 7.49. The van der Waals surface area contributed by atoms with E-state index in [0.717, 1.165) is 12.3 Å². The van der Waals surface area contributed by atoms with Gasteiger partial charge < -0.3 is 10.6 Å². The first-order valence-electron chi connectivity index (χ1n) is 7.49. The van der Waals surface area contributed by atoms with Crippen molar-refractivity contribution in [3.63, 3.8) is 0 Å². The van der Waals surface area contributed by atoms with Crippen molar-refractivity contribution in [2.24, 2.45) is 5.92 Å². The van der Waals surface area contributed by atoms with Gasteiger partial charge in [0.05, 0.1) is 6.54 Å². The lowest BCUT2D eigenvalue weighted by Crippen LogP contribution is -2.48. The van der Waals surface area contributed by atoms with Gasteiger partial charge in [-0.15, -0.1) is 0 Å². The number of carbonyl (C=O) groups excluding carboxylic acids is 1. The molecule has 1 rings (SSSR count). The van der Waals surface area contributed by atoms with Crippen molar-refractivity contribution in [3.05, 3.63) is 0 Å². The van der Waals surface area contributed by atoms with Gasteiger partial charge in [-0.25, -0.2) is 0 Å². The van der Waals surface area contributed by atoms with E-state index >= 15 is 0 Å². The molecule has 1 fully saturated rings. The Morgan fingerprint density at radius 1 is 1.28 bits per heavy atom. The number of hydrogen-bond donors (Lipinski definition) is 2. The van der Waals surface area contributed by atoms with Gasteiger partial charge in [-0.05, 0) is 46.0 Å². The van der Waals surface area contributed by atoms with Crippen LogP contribution in [0.15, 0.2) is 0 Å². The first-order chi connectivity index (χ1) is 8.44. The number of rotatable bonds is 6. The van der Waals surface area contributed by atoms with E-state index in [2.05, 4.69) is 38.3 Å². The van der Waals surface area contributed by atoms with Gasteiger partial charge in [0.25, 0.3) is 0 Å². The third kappa shape index (κ3) is 5.38. The van der Waals surface area contributed by atoms with Crippen LogP contribution in [0, 0.1) is 5.92 Å². The smallest absolute Gasteiger partial charge is 0.234 e. The average Bonchev–Trinajstić information content (AvgIpc) is 2.36. The molecule has 0 aliphatic heterocycles. The van der Waals surface area contributed by atoms with Crippen molar-refractivity contribution in [3.8, 4) is 0 Å². The molecule has 0 saturated heterocycles. The van der Waals surface area contributed by atoms with E-state index < -0.39 is 0 Å². The van der Waals surface area contributed by atoms with Crippen LogP contribution in [-0.2, 0) is 4.79 Å². The summed E-state index contributed by atoms with van der Waals surface area (Å²) in [4.78, 5) is 11.8. The van der Waals surface area contributed by atoms with Crippen molar-refractivity contribution < 1.29 is 4.79 Å². The first kappa shape index (κ1) is 15.5. The molecule has 106 valence electrons. The largest absolute Gasteiger partial charge is 0.350 e. The molecule has 0 bridgehead atoms. The monoisotopic (exact) mass is 254 g/mol. The highest BCUT2D eigenvalue weighted by molar-refractivity contribution is 5.78. The van der Waals surface area contributed by atoms with E-state index in [1.807, 2.05) is 0 Å². The van der Waals surface area contributed by atoms with E-state index in [-0.39, 0.29) is 11.4 Å². The fourth-order valence-electron chi connectivity index (χ4n) is 2.56. The zero-order valence-electron chi connectivity index (χ0n) is 12.5. The highest BCUT2D eigenvalue weighted by Gasteiger charge is 2.21. The molecule has 0 unspecified atom stereocenters. The van der Waals surface area contributed by atoms with Gasteiger partial charge in [-0.1, -0.05) is 26.2 Å². The Bertz CT molecular complexity index is 257. The van der Waals surface area contributed by atoms with Crippen molar-refractivity contribution in [2.45, 2.75) is 77.8 Å². The Labute approximate surface area is 112 Å². The van der Waals surface area contributed by atoms with Gasteiger partial charge in [0, 0.05) is 11.6 Å². The number of nitrogens with one attached hydrogen (secondary N) is 2. The van der Waals surface area contributed by atoms with E-state index in [0.29, 0.717) is 12.6 Å². The quantitative estimate of drug-likeness (QED) is 0.765. The summed E-state index contributed by atoms with van der Waals surface area (Å²) in [5.41, 5.74) is -0.0904. The molecule has 3 heteroatoms. The predicted molar refractivity (Wildman–Crippen MR) is 76.6 cm³/mol. The zero-order valence-corrected chi connectivity index (χ0v) is 12.5. The van der Waals surface area contributed by atoms with Crippen LogP contribution in [0.2, 0.25) is 0 Å². The summed E-state index contributed by atoms with van der Waals surface area (Å²) in [6.45, 7) is 8.89. The highest BCUT2D eigenvalue weighted by Crippen LogP contribution is 2.26. The fraction of sp³-hybridized carbons (Fsp3) is 0.933. The molecule has 0 heterocycles. The van der Waals surface area contributed by atoms with Crippen LogP contribution in [0.5, 0.6) is 0 Å². The maximum atomic E-state index is 11.8. The molecule has 0 spiro atoms. The Kier molecular flexibility index (Phi) is 6.13. The van der Waals surface area contributed by atoms with Crippen LogP contribution in [0.4, 0.5) is 0 Å². The predicted octanol–water partition coefficient (Wildman–Crippen LogP) is 2.85. The second kappa shape index (κ2) is 7.13. The minimum absolute atomic E-state index is 0.0904. The van der Waals surface area contributed by atoms with Crippen LogP contribution >= 0.6 is 0 Å². The Balaban J connectivity index is 2.24. The molecule has 1 amide bonds. The molecule has 0 aromatic heterocycles. The standard InChI is InChI=1S/C15H30N2O/c1-5-15(3,4)17-14(18)11-16-12(2)13-9-7-6-8-10-13/h12-13,16H,5-11H2,1-4H3,(H,17,18)/t12-/m0/s1. The normalized spacial score (nSPS) is 19.6.